The van der Waals surface area contributed by atoms with Crippen molar-refractivity contribution >= 4 is 32.3 Å². The maximum absolute atomic E-state index is 5.08. The summed E-state index contributed by atoms with van der Waals surface area (Å²) < 4.78 is 0. The fourth-order valence-electron chi connectivity index (χ4n) is 6.14. The topological polar surface area (TPSA) is 25.8 Å². The first-order valence-electron chi connectivity index (χ1n) is 14.3. The Hall–Kier alpha value is -5.60. The highest BCUT2D eigenvalue weighted by molar-refractivity contribution is 6.25. The Balaban J connectivity index is 1.26. The fraction of sp³-hybridized carbons (Fsp3) is 0. The maximum Gasteiger partial charge on any atom is 0.160 e. The quantitative estimate of drug-likeness (QED) is 0.210. The van der Waals surface area contributed by atoms with Gasteiger partial charge in [0.1, 0.15) is 0 Å². The molecule has 0 fully saturated rings. The summed E-state index contributed by atoms with van der Waals surface area (Å²) in [7, 11) is 0. The van der Waals surface area contributed by atoms with Crippen LogP contribution in [0.5, 0.6) is 0 Å². The van der Waals surface area contributed by atoms with Gasteiger partial charge in [0, 0.05) is 17.3 Å². The molecule has 0 amide bonds. The van der Waals surface area contributed by atoms with E-state index in [1.54, 1.807) is 0 Å². The molecule has 1 heterocycles. The minimum absolute atomic E-state index is 0.719. The van der Waals surface area contributed by atoms with Crippen LogP contribution in [0, 0.1) is 0 Å². The number of hydrogen-bond donors (Lipinski definition) is 0. The summed E-state index contributed by atoms with van der Waals surface area (Å²) in [5, 5.41) is 7.63. The molecule has 0 aliphatic carbocycles. The zero-order valence-corrected chi connectivity index (χ0v) is 22.9. The molecule has 0 saturated carbocycles. The molecule has 0 unspecified atom stereocenters. The highest BCUT2D eigenvalue weighted by Crippen LogP contribution is 2.39. The highest BCUT2D eigenvalue weighted by atomic mass is 14.9. The van der Waals surface area contributed by atoms with E-state index in [0.29, 0.717) is 0 Å². The number of rotatable bonds is 4. The lowest BCUT2D eigenvalue weighted by Crippen LogP contribution is -1.94. The van der Waals surface area contributed by atoms with Crippen LogP contribution in [0.15, 0.2) is 158 Å². The van der Waals surface area contributed by atoms with Crippen molar-refractivity contribution in [2.75, 3.05) is 0 Å². The summed E-state index contributed by atoms with van der Waals surface area (Å²) in [4.78, 5) is 9.82. The Bertz CT molecular complexity index is 2210. The summed E-state index contributed by atoms with van der Waals surface area (Å²) in [6, 6.07) is 53.7. The molecular formula is C40H26N2. The van der Waals surface area contributed by atoms with Gasteiger partial charge in [-0.15, -0.1) is 0 Å². The number of fused-ring (bicyclic) bond motifs is 6. The highest BCUT2D eigenvalue weighted by Gasteiger charge is 2.14. The molecule has 0 atom stereocenters. The summed E-state index contributed by atoms with van der Waals surface area (Å²) in [5.41, 5.74) is 7.62. The van der Waals surface area contributed by atoms with Crippen molar-refractivity contribution < 1.29 is 0 Å². The zero-order chi connectivity index (χ0) is 27.9. The molecule has 2 heteroatoms. The molecule has 1 aromatic heterocycles. The Morgan fingerprint density at radius 2 is 0.905 bits per heavy atom. The first kappa shape index (κ1) is 24.2. The van der Waals surface area contributed by atoms with E-state index in [4.69, 9.17) is 9.97 Å². The van der Waals surface area contributed by atoms with E-state index >= 15 is 0 Å². The summed E-state index contributed by atoms with van der Waals surface area (Å²) in [6.07, 6.45) is 1.86. The minimum Gasteiger partial charge on any atom is -0.237 e. The van der Waals surface area contributed by atoms with Gasteiger partial charge < -0.3 is 0 Å². The van der Waals surface area contributed by atoms with E-state index in [0.717, 1.165) is 33.8 Å². The third-order valence-electron chi connectivity index (χ3n) is 8.14. The number of nitrogens with zero attached hydrogens (tertiary/aromatic N) is 2. The van der Waals surface area contributed by atoms with Gasteiger partial charge in [-0.05, 0) is 72.8 Å². The third-order valence-corrected chi connectivity index (χ3v) is 8.14. The van der Waals surface area contributed by atoms with Gasteiger partial charge in [-0.1, -0.05) is 133 Å². The van der Waals surface area contributed by atoms with Gasteiger partial charge in [-0.2, -0.15) is 0 Å². The van der Waals surface area contributed by atoms with Gasteiger partial charge in [0.05, 0.1) is 5.69 Å². The molecule has 0 aliphatic heterocycles. The summed E-state index contributed by atoms with van der Waals surface area (Å²) in [5.74, 6) is 0.719. The molecule has 42 heavy (non-hydrogen) atoms. The van der Waals surface area contributed by atoms with Gasteiger partial charge in [-0.25, -0.2) is 9.97 Å². The first-order chi connectivity index (χ1) is 20.8. The second-order valence-corrected chi connectivity index (χ2v) is 10.6. The Morgan fingerprint density at radius 3 is 1.64 bits per heavy atom. The molecule has 0 bridgehead atoms. The summed E-state index contributed by atoms with van der Waals surface area (Å²) in [6.45, 7) is 0. The predicted octanol–water partition coefficient (Wildman–Crippen LogP) is 10.6. The molecule has 0 saturated heterocycles. The maximum atomic E-state index is 5.08. The van der Waals surface area contributed by atoms with E-state index in [9.17, 15) is 0 Å². The molecule has 0 spiro atoms. The monoisotopic (exact) mass is 534 g/mol. The van der Waals surface area contributed by atoms with Crippen LogP contribution in [0.2, 0.25) is 0 Å². The molecule has 8 aromatic rings. The minimum atomic E-state index is 0.719. The second kappa shape index (κ2) is 10.1. The first-order valence-corrected chi connectivity index (χ1v) is 14.3. The SMILES string of the molecule is c1ccc(-c2cccc(-c3ccnc(-c4ccccc4-c4ccc5c6ccccc6c6ccccc6c5c4)n3)c2)cc1. The number of hydrogen-bond acceptors (Lipinski definition) is 2. The molecule has 196 valence electrons. The van der Waals surface area contributed by atoms with Crippen molar-refractivity contribution in [1.82, 2.24) is 9.97 Å². The third kappa shape index (κ3) is 4.13. The van der Waals surface area contributed by atoms with Crippen LogP contribution in [0.1, 0.15) is 0 Å². The standard InChI is InChI=1S/C40H26N2/c1-2-11-27(12-3-1)28-13-10-14-30(25-28)39-23-24-41-40(42-39)37-20-9-4-15-31(37)29-21-22-36-34-18-6-5-16-32(34)33-17-7-8-19-35(33)38(36)26-29/h1-26H. The number of benzene rings is 7. The molecule has 0 aliphatic rings. The van der Waals surface area contributed by atoms with Crippen LogP contribution in [0.4, 0.5) is 0 Å². The van der Waals surface area contributed by atoms with Crippen LogP contribution in [0.25, 0.3) is 77.2 Å². The van der Waals surface area contributed by atoms with E-state index in [1.807, 2.05) is 18.3 Å². The van der Waals surface area contributed by atoms with E-state index in [1.165, 1.54) is 43.4 Å². The average Bonchev–Trinajstić information content (AvgIpc) is 3.09. The number of aromatic nitrogens is 2. The molecular weight excluding hydrogens is 508 g/mol. The summed E-state index contributed by atoms with van der Waals surface area (Å²) >= 11 is 0. The van der Waals surface area contributed by atoms with Gasteiger partial charge >= 0.3 is 0 Å². The van der Waals surface area contributed by atoms with Crippen molar-refractivity contribution in [3.8, 4) is 44.9 Å². The van der Waals surface area contributed by atoms with E-state index < -0.39 is 0 Å². The van der Waals surface area contributed by atoms with Gasteiger partial charge in [0.15, 0.2) is 5.82 Å². The van der Waals surface area contributed by atoms with Crippen molar-refractivity contribution in [2.24, 2.45) is 0 Å². The zero-order valence-electron chi connectivity index (χ0n) is 22.9. The van der Waals surface area contributed by atoms with Crippen LogP contribution >= 0.6 is 0 Å². The van der Waals surface area contributed by atoms with Crippen LogP contribution in [0.3, 0.4) is 0 Å². The fourth-order valence-corrected chi connectivity index (χ4v) is 6.14. The molecule has 8 rings (SSSR count). The largest absolute Gasteiger partial charge is 0.237 e. The average molecular weight is 535 g/mol. The normalized spacial score (nSPS) is 11.3. The van der Waals surface area contributed by atoms with Crippen molar-refractivity contribution in [2.45, 2.75) is 0 Å². The lowest BCUT2D eigenvalue weighted by molar-refractivity contribution is 1.18. The van der Waals surface area contributed by atoms with Gasteiger partial charge in [0.2, 0.25) is 0 Å². The molecule has 7 aromatic carbocycles. The lowest BCUT2D eigenvalue weighted by Gasteiger charge is -2.14. The van der Waals surface area contributed by atoms with Crippen molar-refractivity contribution in [3.63, 3.8) is 0 Å². The second-order valence-electron chi connectivity index (χ2n) is 10.6. The smallest absolute Gasteiger partial charge is 0.160 e. The van der Waals surface area contributed by atoms with Crippen LogP contribution in [-0.2, 0) is 0 Å². The van der Waals surface area contributed by atoms with Crippen molar-refractivity contribution in [3.05, 3.63) is 158 Å². The van der Waals surface area contributed by atoms with E-state index in [2.05, 4.69) is 140 Å². The lowest BCUT2D eigenvalue weighted by atomic mass is 9.91. The van der Waals surface area contributed by atoms with E-state index in [-0.39, 0.29) is 0 Å². The van der Waals surface area contributed by atoms with Gasteiger partial charge in [-0.3, -0.25) is 0 Å². The Labute approximate surface area is 244 Å². The predicted molar refractivity (Wildman–Crippen MR) is 176 cm³/mol. The van der Waals surface area contributed by atoms with Gasteiger partial charge in [0.25, 0.3) is 0 Å². The Kier molecular flexibility index (Phi) is 5.82. The van der Waals surface area contributed by atoms with Crippen molar-refractivity contribution in [1.29, 1.82) is 0 Å². The molecule has 0 radical (unpaired) electrons. The molecule has 2 nitrogen and oxygen atoms in total. The Morgan fingerprint density at radius 1 is 0.333 bits per heavy atom. The molecule has 0 N–H and O–H groups in total. The van der Waals surface area contributed by atoms with Crippen LogP contribution < -0.4 is 0 Å². The van der Waals surface area contributed by atoms with Crippen LogP contribution in [-0.4, -0.2) is 9.97 Å².